The highest BCUT2D eigenvalue weighted by Crippen LogP contribution is 2.11. The Hall–Kier alpha value is -0.470. The highest BCUT2D eigenvalue weighted by Gasteiger charge is 2.04. The first-order valence-corrected chi connectivity index (χ1v) is 7.28. The molecule has 2 heteroatoms. The van der Waals surface area contributed by atoms with Crippen LogP contribution >= 0.6 is 11.8 Å². The first kappa shape index (κ1) is 13.6. The first-order valence-electron chi connectivity index (χ1n) is 6.12. The van der Waals surface area contributed by atoms with Crippen molar-refractivity contribution in [1.29, 1.82) is 0 Å². The number of thioether (sulfide) groups is 1. The van der Waals surface area contributed by atoms with E-state index in [1.807, 2.05) is 11.8 Å². The third-order valence-corrected chi connectivity index (χ3v) is 3.74. The van der Waals surface area contributed by atoms with Gasteiger partial charge in [0.25, 0.3) is 0 Å². The van der Waals surface area contributed by atoms with E-state index in [1.54, 1.807) is 0 Å². The number of nitrogens with zero attached hydrogens (tertiary/aromatic N) is 1. The van der Waals surface area contributed by atoms with Crippen LogP contribution in [-0.4, -0.2) is 29.5 Å². The van der Waals surface area contributed by atoms with E-state index in [9.17, 15) is 0 Å². The van der Waals surface area contributed by atoms with Crippen molar-refractivity contribution in [2.45, 2.75) is 27.3 Å². The molecule has 0 radical (unpaired) electrons. The monoisotopic (exact) mass is 237 g/mol. The summed E-state index contributed by atoms with van der Waals surface area (Å²) in [5, 5.41) is 0. The molecule has 0 spiro atoms. The van der Waals surface area contributed by atoms with Crippen molar-refractivity contribution in [3.8, 4) is 0 Å². The molecule has 16 heavy (non-hydrogen) atoms. The quantitative estimate of drug-likeness (QED) is 0.667. The second-order valence-electron chi connectivity index (χ2n) is 3.99. The predicted octanol–water partition coefficient (Wildman–Crippen LogP) is 3.57. The largest absolute Gasteiger partial charge is 0.299 e. The molecule has 90 valence electrons. The van der Waals surface area contributed by atoms with Gasteiger partial charge in [0.1, 0.15) is 0 Å². The molecule has 0 heterocycles. The Morgan fingerprint density at radius 3 is 2.56 bits per heavy atom. The fourth-order valence-corrected chi connectivity index (χ4v) is 2.39. The lowest BCUT2D eigenvalue weighted by atomic mass is 10.1. The van der Waals surface area contributed by atoms with Gasteiger partial charge in [-0.15, -0.1) is 0 Å². The molecule has 0 aliphatic rings. The van der Waals surface area contributed by atoms with Gasteiger partial charge in [-0.05, 0) is 30.3 Å². The second kappa shape index (κ2) is 7.75. The third-order valence-electron chi connectivity index (χ3n) is 2.86. The molecule has 1 aromatic rings. The van der Waals surface area contributed by atoms with Crippen LogP contribution in [0.4, 0.5) is 0 Å². The van der Waals surface area contributed by atoms with Crippen LogP contribution < -0.4 is 0 Å². The molecule has 0 aliphatic carbocycles. The Labute approximate surface area is 104 Å². The molecule has 1 aromatic carbocycles. The van der Waals surface area contributed by atoms with Crippen LogP contribution in [-0.2, 0) is 6.54 Å². The molecule has 1 nitrogen and oxygen atoms in total. The molecular weight excluding hydrogens is 214 g/mol. The minimum atomic E-state index is 1.09. The van der Waals surface area contributed by atoms with E-state index in [0.717, 1.165) is 13.1 Å². The van der Waals surface area contributed by atoms with Gasteiger partial charge in [0, 0.05) is 18.8 Å². The normalized spacial score (nSPS) is 11.0. The van der Waals surface area contributed by atoms with Crippen LogP contribution in [0.15, 0.2) is 24.3 Å². The fourth-order valence-electron chi connectivity index (χ4n) is 1.72. The Balaban J connectivity index is 2.46. The zero-order valence-electron chi connectivity index (χ0n) is 10.7. The van der Waals surface area contributed by atoms with Crippen molar-refractivity contribution in [1.82, 2.24) is 4.90 Å². The minimum absolute atomic E-state index is 1.09. The Morgan fingerprint density at radius 2 is 1.94 bits per heavy atom. The maximum Gasteiger partial charge on any atom is 0.0236 e. The summed E-state index contributed by atoms with van der Waals surface area (Å²) in [6.45, 7) is 10.1. The number of benzene rings is 1. The van der Waals surface area contributed by atoms with Crippen molar-refractivity contribution >= 4 is 11.8 Å². The van der Waals surface area contributed by atoms with Crippen molar-refractivity contribution in [3.05, 3.63) is 35.4 Å². The molecule has 0 aliphatic heterocycles. The van der Waals surface area contributed by atoms with E-state index in [2.05, 4.69) is 49.9 Å². The van der Waals surface area contributed by atoms with Crippen LogP contribution in [0.3, 0.4) is 0 Å². The van der Waals surface area contributed by atoms with Gasteiger partial charge >= 0.3 is 0 Å². The van der Waals surface area contributed by atoms with E-state index in [1.165, 1.54) is 29.2 Å². The highest BCUT2D eigenvalue weighted by molar-refractivity contribution is 7.99. The van der Waals surface area contributed by atoms with Crippen LogP contribution in [0.1, 0.15) is 25.0 Å². The standard InChI is InChI=1S/C14H23NS/c1-4-15(10-11-16-5-2)12-14-9-7-6-8-13(14)3/h6-9H,4-5,10-12H2,1-3H3. The van der Waals surface area contributed by atoms with Crippen molar-refractivity contribution in [2.75, 3.05) is 24.6 Å². The Kier molecular flexibility index (Phi) is 6.58. The molecule has 0 bridgehead atoms. The number of hydrogen-bond acceptors (Lipinski definition) is 2. The second-order valence-corrected chi connectivity index (χ2v) is 5.39. The van der Waals surface area contributed by atoms with E-state index >= 15 is 0 Å². The highest BCUT2D eigenvalue weighted by atomic mass is 32.2. The van der Waals surface area contributed by atoms with Gasteiger partial charge in [0.15, 0.2) is 0 Å². The number of hydrogen-bond donors (Lipinski definition) is 0. The fraction of sp³-hybridized carbons (Fsp3) is 0.571. The summed E-state index contributed by atoms with van der Waals surface area (Å²) >= 11 is 2.02. The lowest BCUT2D eigenvalue weighted by Crippen LogP contribution is -2.25. The Bertz CT molecular complexity index is 299. The number of rotatable bonds is 7. The van der Waals surface area contributed by atoms with Gasteiger partial charge in [0.2, 0.25) is 0 Å². The number of aryl methyl sites for hydroxylation is 1. The maximum absolute atomic E-state index is 2.52. The summed E-state index contributed by atoms with van der Waals surface area (Å²) in [4.78, 5) is 2.52. The van der Waals surface area contributed by atoms with Crippen LogP contribution in [0.2, 0.25) is 0 Å². The summed E-state index contributed by atoms with van der Waals surface area (Å²) in [7, 11) is 0. The first-order chi connectivity index (χ1) is 7.77. The van der Waals surface area contributed by atoms with Crippen molar-refractivity contribution in [3.63, 3.8) is 0 Å². The van der Waals surface area contributed by atoms with Gasteiger partial charge in [-0.3, -0.25) is 4.90 Å². The zero-order valence-corrected chi connectivity index (χ0v) is 11.5. The van der Waals surface area contributed by atoms with Gasteiger partial charge in [-0.25, -0.2) is 0 Å². The van der Waals surface area contributed by atoms with Gasteiger partial charge in [0.05, 0.1) is 0 Å². The average Bonchev–Trinajstić information content (AvgIpc) is 2.30. The zero-order chi connectivity index (χ0) is 11.8. The minimum Gasteiger partial charge on any atom is -0.299 e. The lowest BCUT2D eigenvalue weighted by molar-refractivity contribution is 0.298. The Morgan fingerprint density at radius 1 is 1.19 bits per heavy atom. The molecule has 0 saturated heterocycles. The summed E-state index contributed by atoms with van der Waals surface area (Å²) in [6.07, 6.45) is 0. The molecule has 0 aromatic heterocycles. The lowest BCUT2D eigenvalue weighted by Gasteiger charge is -2.21. The molecule has 0 atom stereocenters. The maximum atomic E-state index is 2.52. The summed E-state index contributed by atoms with van der Waals surface area (Å²) < 4.78 is 0. The molecule has 0 unspecified atom stereocenters. The van der Waals surface area contributed by atoms with E-state index in [0.29, 0.717) is 0 Å². The average molecular weight is 237 g/mol. The molecular formula is C14H23NS. The SMILES string of the molecule is CCSCCN(CC)Cc1ccccc1C. The smallest absolute Gasteiger partial charge is 0.0236 e. The van der Waals surface area contributed by atoms with Crippen molar-refractivity contribution < 1.29 is 0 Å². The molecule has 0 amide bonds. The topological polar surface area (TPSA) is 3.24 Å². The third kappa shape index (κ3) is 4.58. The molecule has 1 rings (SSSR count). The molecule has 0 N–H and O–H groups in total. The van der Waals surface area contributed by atoms with Gasteiger partial charge in [-0.2, -0.15) is 11.8 Å². The molecule has 0 fully saturated rings. The van der Waals surface area contributed by atoms with E-state index < -0.39 is 0 Å². The van der Waals surface area contributed by atoms with Crippen molar-refractivity contribution in [2.24, 2.45) is 0 Å². The molecule has 0 saturated carbocycles. The van der Waals surface area contributed by atoms with Gasteiger partial charge < -0.3 is 0 Å². The van der Waals surface area contributed by atoms with Crippen LogP contribution in [0.5, 0.6) is 0 Å². The summed E-state index contributed by atoms with van der Waals surface area (Å²) in [6, 6.07) is 8.69. The summed E-state index contributed by atoms with van der Waals surface area (Å²) in [5.41, 5.74) is 2.87. The van der Waals surface area contributed by atoms with Gasteiger partial charge in [-0.1, -0.05) is 38.1 Å². The van der Waals surface area contributed by atoms with Crippen LogP contribution in [0.25, 0.3) is 0 Å². The van der Waals surface area contributed by atoms with E-state index in [-0.39, 0.29) is 0 Å². The van der Waals surface area contributed by atoms with E-state index in [4.69, 9.17) is 0 Å². The summed E-state index contributed by atoms with van der Waals surface area (Å²) in [5.74, 6) is 2.47. The van der Waals surface area contributed by atoms with Crippen LogP contribution in [0, 0.1) is 6.92 Å². The predicted molar refractivity (Wildman–Crippen MR) is 75.1 cm³/mol.